The highest BCUT2D eigenvalue weighted by molar-refractivity contribution is 5.84. The topological polar surface area (TPSA) is 46.6 Å². The lowest BCUT2D eigenvalue weighted by atomic mass is 9.94. The van der Waals surface area contributed by atoms with E-state index in [9.17, 15) is 9.59 Å². The Kier molecular flexibility index (Phi) is 4.20. The molecule has 1 fully saturated rings. The van der Waals surface area contributed by atoms with Gasteiger partial charge in [-0.15, -0.1) is 0 Å². The predicted molar refractivity (Wildman–Crippen MR) is 71.6 cm³/mol. The molecular weight excluding hydrogens is 242 g/mol. The average Bonchev–Trinajstić information content (AvgIpc) is 2.41. The number of nitrogens with zero attached hydrogens (tertiary/aromatic N) is 1. The largest absolute Gasteiger partial charge is 0.445 e. The third kappa shape index (κ3) is 3.34. The Balaban J connectivity index is 1.91. The number of rotatable bonds is 2. The van der Waals surface area contributed by atoms with E-state index in [1.54, 1.807) is 4.90 Å². The molecule has 0 spiro atoms. The van der Waals surface area contributed by atoms with E-state index >= 15 is 0 Å². The molecule has 102 valence electrons. The second kappa shape index (κ2) is 5.87. The molecule has 1 aromatic carbocycles. The quantitative estimate of drug-likeness (QED) is 0.822. The van der Waals surface area contributed by atoms with Crippen molar-refractivity contribution in [2.45, 2.75) is 32.9 Å². The van der Waals surface area contributed by atoms with Gasteiger partial charge in [-0.3, -0.25) is 4.79 Å². The molecule has 0 radical (unpaired) electrons. The summed E-state index contributed by atoms with van der Waals surface area (Å²) in [5, 5.41) is 0. The molecule has 19 heavy (non-hydrogen) atoms. The van der Waals surface area contributed by atoms with Gasteiger partial charge in [0.25, 0.3) is 0 Å². The fourth-order valence-electron chi connectivity index (χ4n) is 2.24. The number of hydrogen-bond donors (Lipinski definition) is 0. The molecule has 1 aromatic rings. The van der Waals surface area contributed by atoms with E-state index in [2.05, 4.69) is 0 Å². The molecule has 0 bridgehead atoms. The number of hydrogen-bond acceptors (Lipinski definition) is 3. The van der Waals surface area contributed by atoms with Crippen molar-refractivity contribution >= 4 is 11.9 Å². The Labute approximate surface area is 113 Å². The molecule has 1 amide bonds. The molecule has 0 aromatic heterocycles. The summed E-state index contributed by atoms with van der Waals surface area (Å²) in [5.41, 5.74) is 0.963. The number of ether oxygens (including phenoxy) is 1. The molecule has 0 saturated carbocycles. The fraction of sp³-hybridized carbons (Fsp3) is 0.467. The highest BCUT2D eigenvalue weighted by Crippen LogP contribution is 2.19. The number of carbonyl (C=O) groups excluding carboxylic acids is 2. The average molecular weight is 261 g/mol. The third-order valence-electron chi connectivity index (χ3n) is 3.49. The highest BCUT2D eigenvalue weighted by Gasteiger charge is 2.32. The van der Waals surface area contributed by atoms with Crippen LogP contribution in [-0.2, 0) is 16.1 Å². The maximum atomic E-state index is 12.0. The van der Waals surface area contributed by atoms with Gasteiger partial charge in [-0.2, -0.15) is 0 Å². The number of amides is 1. The molecule has 0 aliphatic carbocycles. The number of ketones is 1. The zero-order valence-corrected chi connectivity index (χ0v) is 11.3. The highest BCUT2D eigenvalue weighted by atomic mass is 16.6. The minimum absolute atomic E-state index is 0.0769. The number of likely N-dealkylation sites (tertiary alicyclic amines) is 1. The van der Waals surface area contributed by atoms with Gasteiger partial charge in [0.15, 0.2) is 0 Å². The van der Waals surface area contributed by atoms with Crippen LogP contribution in [0.1, 0.15) is 25.8 Å². The molecule has 0 N–H and O–H groups in total. The van der Waals surface area contributed by atoms with Crippen LogP contribution in [0.5, 0.6) is 0 Å². The molecule has 1 aliphatic heterocycles. The van der Waals surface area contributed by atoms with Crippen molar-refractivity contribution in [3.8, 4) is 0 Å². The summed E-state index contributed by atoms with van der Waals surface area (Å²) in [6.07, 6.45) is 0.0809. The van der Waals surface area contributed by atoms with Crippen molar-refractivity contribution in [1.82, 2.24) is 4.90 Å². The molecule has 1 aliphatic rings. The Hall–Kier alpha value is -1.84. The standard InChI is InChI=1S/C15H19NO3/c1-11-9-16(12(2)8-14(11)17)15(18)19-10-13-6-4-3-5-7-13/h3-7,11-12H,8-10H2,1-2H3/t11?,12-/m1/s1. The number of piperidine rings is 1. The Bertz CT molecular complexity index is 458. The van der Waals surface area contributed by atoms with E-state index in [4.69, 9.17) is 4.74 Å². The van der Waals surface area contributed by atoms with Crippen LogP contribution in [0.3, 0.4) is 0 Å². The summed E-state index contributed by atoms with van der Waals surface area (Å²) < 4.78 is 5.30. The molecule has 4 nitrogen and oxygen atoms in total. The molecule has 1 saturated heterocycles. The molecular formula is C15H19NO3. The molecule has 4 heteroatoms. The first-order valence-corrected chi connectivity index (χ1v) is 6.58. The zero-order valence-electron chi connectivity index (χ0n) is 11.3. The van der Waals surface area contributed by atoms with Gasteiger partial charge >= 0.3 is 6.09 Å². The summed E-state index contributed by atoms with van der Waals surface area (Å²) in [4.78, 5) is 25.2. The van der Waals surface area contributed by atoms with Crippen molar-refractivity contribution in [2.75, 3.05) is 6.54 Å². The number of benzene rings is 1. The summed E-state index contributed by atoms with van der Waals surface area (Å²) >= 11 is 0. The van der Waals surface area contributed by atoms with Crippen LogP contribution in [0, 0.1) is 5.92 Å². The van der Waals surface area contributed by atoms with Gasteiger partial charge in [0.05, 0.1) is 0 Å². The van der Waals surface area contributed by atoms with E-state index in [1.807, 2.05) is 44.2 Å². The lowest BCUT2D eigenvalue weighted by Crippen LogP contribution is -2.48. The van der Waals surface area contributed by atoms with Gasteiger partial charge in [0.1, 0.15) is 12.4 Å². The van der Waals surface area contributed by atoms with E-state index < -0.39 is 0 Å². The maximum Gasteiger partial charge on any atom is 0.410 e. The van der Waals surface area contributed by atoms with Gasteiger partial charge in [-0.25, -0.2) is 4.79 Å². The molecule has 2 atom stereocenters. The zero-order chi connectivity index (χ0) is 13.8. The van der Waals surface area contributed by atoms with E-state index in [0.29, 0.717) is 13.0 Å². The normalized spacial score (nSPS) is 23.3. The van der Waals surface area contributed by atoms with Crippen molar-refractivity contribution < 1.29 is 14.3 Å². The van der Waals surface area contributed by atoms with Crippen molar-refractivity contribution in [3.05, 3.63) is 35.9 Å². The van der Waals surface area contributed by atoms with Crippen LogP contribution in [0.15, 0.2) is 30.3 Å². The second-order valence-corrected chi connectivity index (χ2v) is 5.11. The van der Waals surface area contributed by atoms with Gasteiger partial charge in [-0.05, 0) is 12.5 Å². The van der Waals surface area contributed by atoms with Gasteiger partial charge in [0.2, 0.25) is 0 Å². The molecule has 1 heterocycles. The SMILES string of the molecule is CC1CN(C(=O)OCc2ccccc2)[C@H](C)CC1=O. The van der Waals surface area contributed by atoms with Crippen LogP contribution >= 0.6 is 0 Å². The lowest BCUT2D eigenvalue weighted by Gasteiger charge is -2.34. The van der Waals surface area contributed by atoms with Gasteiger partial charge in [-0.1, -0.05) is 37.3 Å². The Morgan fingerprint density at radius 1 is 1.32 bits per heavy atom. The smallest absolute Gasteiger partial charge is 0.410 e. The summed E-state index contributed by atoms with van der Waals surface area (Å²) in [7, 11) is 0. The summed E-state index contributed by atoms with van der Waals surface area (Å²) in [6, 6.07) is 9.50. The van der Waals surface area contributed by atoms with Crippen molar-refractivity contribution in [3.63, 3.8) is 0 Å². The first kappa shape index (κ1) is 13.6. The molecule has 1 unspecified atom stereocenters. The fourth-order valence-corrected chi connectivity index (χ4v) is 2.24. The lowest BCUT2D eigenvalue weighted by molar-refractivity contribution is -0.126. The van der Waals surface area contributed by atoms with Crippen LogP contribution in [0.25, 0.3) is 0 Å². The van der Waals surface area contributed by atoms with Crippen LogP contribution in [-0.4, -0.2) is 29.4 Å². The van der Waals surface area contributed by atoms with Crippen LogP contribution < -0.4 is 0 Å². The monoisotopic (exact) mass is 261 g/mol. The predicted octanol–water partition coefficient (Wildman–Crippen LogP) is 2.62. The van der Waals surface area contributed by atoms with E-state index in [-0.39, 0.29) is 30.4 Å². The van der Waals surface area contributed by atoms with Crippen molar-refractivity contribution in [2.24, 2.45) is 5.92 Å². The molecule has 2 rings (SSSR count). The summed E-state index contributed by atoms with van der Waals surface area (Å²) in [6.45, 7) is 4.46. The maximum absolute atomic E-state index is 12.0. The minimum atomic E-state index is -0.337. The number of carbonyl (C=O) groups is 2. The minimum Gasteiger partial charge on any atom is -0.445 e. The first-order valence-electron chi connectivity index (χ1n) is 6.58. The second-order valence-electron chi connectivity index (χ2n) is 5.11. The van der Waals surface area contributed by atoms with Crippen LogP contribution in [0.4, 0.5) is 4.79 Å². The van der Waals surface area contributed by atoms with Gasteiger partial charge < -0.3 is 9.64 Å². The van der Waals surface area contributed by atoms with E-state index in [0.717, 1.165) is 5.56 Å². The number of Topliss-reactive ketones (excluding diaryl/α,β-unsaturated/α-hetero) is 1. The Morgan fingerprint density at radius 2 is 2.00 bits per heavy atom. The van der Waals surface area contributed by atoms with Crippen LogP contribution in [0.2, 0.25) is 0 Å². The van der Waals surface area contributed by atoms with Crippen molar-refractivity contribution in [1.29, 1.82) is 0 Å². The first-order chi connectivity index (χ1) is 9.08. The van der Waals surface area contributed by atoms with E-state index in [1.165, 1.54) is 0 Å². The third-order valence-corrected chi connectivity index (χ3v) is 3.49. The Morgan fingerprint density at radius 3 is 2.68 bits per heavy atom. The summed E-state index contributed by atoms with van der Waals surface area (Å²) in [5.74, 6) is 0.125. The van der Waals surface area contributed by atoms with Gasteiger partial charge in [0, 0.05) is 24.9 Å².